The molecular weight excluding hydrogens is 182 g/mol. The second kappa shape index (κ2) is 3.83. The summed E-state index contributed by atoms with van der Waals surface area (Å²) in [6.45, 7) is 0.261. The molecule has 1 N–H and O–H groups in total. The van der Waals surface area contributed by atoms with Crippen LogP contribution in [-0.2, 0) is 6.61 Å². The summed E-state index contributed by atoms with van der Waals surface area (Å²) in [6.07, 6.45) is 1.55. The van der Waals surface area contributed by atoms with Gasteiger partial charge in [-0.25, -0.2) is 0 Å². The van der Waals surface area contributed by atoms with Crippen molar-refractivity contribution in [3.8, 4) is 11.5 Å². The monoisotopic (exact) mass is 191 g/mol. The molecule has 2 rings (SSSR count). The van der Waals surface area contributed by atoms with E-state index >= 15 is 0 Å². The SMILES string of the molecule is Oc1ccccc1OCc1ccno1. The molecule has 0 aliphatic heterocycles. The van der Waals surface area contributed by atoms with Crippen LogP contribution in [0.25, 0.3) is 0 Å². The molecule has 72 valence electrons. The Kier molecular flexibility index (Phi) is 2.36. The fourth-order valence-electron chi connectivity index (χ4n) is 1.04. The number of benzene rings is 1. The van der Waals surface area contributed by atoms with Crippen molar-refractivity contribution >= 4 is 0 Å². The van der Waals surface area contributed by atoms with Crippen molar-refractivity contribution in [2.24, 2.45) is 0 Å². The van der Waals surface area contributed by atoms with E-state index in [0.717, 1.165) is 0 Å². The van der Waals surface area contributed by atoms with Crippen molar-refractivity contribution in [1.29, 1.82) is 0 Å². The number of hydrogen-bond donors (Lipinski definition) is 1. The van der Waals surface area contributed by atoms with E-state index in [1.165, 1.54) is 0 Å². The molecule has 0 radical (unpaired) electrons. The maximum Gasteiger partial charge on any atom is 0.174 e. The summed E-state index contributed by atoms with van der Waals surface area (Å²) in [7, 11) is 0. The first kappa shape index (κ1) is 8.62. The van der Waals surface area contributed by atoms with Crippen LogP contribution in [0.3, 0.4) is 0 Å². The lowest BCUT2D eigenvalue weighted by molar-refractivity contribution is 0.241. The molecule has 0 unspecified atom stereocenters. The van der Waals surface area contributed by atoms with Crippen LogP contribution >= 0.6 is 0 Å². The van der Waals surface area contributed by atoms with Gasteiger partial charge in [-0.1, -0.05) is 17.3 Å². The molecule has 0 saturated heterocycles. The molecule has 0 saturated carbocycles. The Bertz CT molecular complexity index is 398. The van der Waals surface area contributed by atoms with Gasteiger partial charge < -0.3 is 14.4 Å². The van der Waals surface area contributed by atoms with Crippen LogP contribution in [0.15, 0.2) is 41.1 Å². The largest absolute Gasteiger partial charge is 0.504 e. The van der Waals surface area contributed by atoms with Gasteiger partial charge in [0.2, 0.25) is 0 Å². The molecule has 2 aromatic rings. The predicted molar refractivity (Wildman–Crippen MR) is 48.9 cm³/mol. The summed E-state index contributed by atoms with van der Waals surface area (Å²) in [5, 5.41) is 12.9. The van der Waals surface area contributed by atoms with Crippen molar-refractivity contribution in [2.75, 3.05) is 0 Å². The highest BCUT2D eigenvalue weighted by molar-refractivity contribution is 5.37. The Morgan fingerprint density at radius 2 is 2.14 bits per heavy atom. The van der Waals surface area contributed by atoms with Gasteiger partial charge in [0.05, 0.1) is 6.20 Å². The average Bonchev–Trinajstić information content (AvgIpc) is 2.69. The minimum absolute atomic E-state index is 0.118. The smallest absolute Gasteiger partial charge is 0.174 e. The summed E-state index contributed by atoms with van der Waals surface area (Å²) >= 11 is 0. The predicted octanol–water partition coefficient (Wildman–Crippen LogP) is 1.96. The first-order valence-electron chi connectivity index (χ1n) is 4.16. The van der Waals surface area contributed by atoms with Crippen molar-refractivity contribution < 1.29 is 14.4 Å². The fraction of sp³-hybridized carbons (Fsp3) is 0.100. The third-order valence-electron chi connectivity index (χ3n) is 1.73. The van der Waals surface area contributed by atoms with Gasteiger partial charge in [-0.3, -0.25) is 0 Å². The van der Waals surface area contributed by atoms with Crippen molar-refractivity contribution in [3.63, 3.8) is 0 Å². The zero-order chi connectivity index (χ0) is 9.80. The number of aromatic hydroxyl groups is 1. The number of hydrogen-bond acceptors (Lipinski definition) is 4. The van der Waals surface area contributed by atoms with Gasteiger partial charge in [-0.05, 0) is 12.1 Å². The molecule has 14 heavy (non-hydrogen) atoms. The number of phenols is 1. The Balaban J connectivity index is 2.02. The molecule has 1 aromatic carbocycles. The first-order chi connectivity index (χ1) is 6.86. The van der Waals surface area contributed by atoms with E-state index in [1.807, 2.05) is 0 Å². The van der Waals surface area contributed by atoms with Crippen molar-refractivity contribution in [1.82, 2.24) is 5.16 Å². The van der Waals surface area contributed by atoms with E-state index in [4.69, 9.17) is 9.26 Å². The highest BCUT2D eigenvalue weighted by atomic mass is 16.5. The van der Waals surface area contributed by atoms with Crippen molar-refractivity contribution in [2.45, 2.75) is 6.61 Å². The molecule has 1 heterocycles. The Hall–Kier alpha value is -1.97. The number of para-hydroxylation sites is 2. The second-order valence-corrected chi connectivity index (χ2v) is 2.74. The van der Waals surface area contributed by atoms with E-state index in [9.17, 15) is 5.11 Å². The van der Waals surface area contributed by atoms with E-state index in [2.05, 4.69) is 5.16 Å². The molecule has 0 aliphatic carbocycles. The highest BCUT2D eigenvalue weighted by Gasteiger charge is 2.02. The first-order valence-corrected chi connectivity index (χ1v) is 4.16. The minimum Gasteiger partial charge on any atom is -0.504 e. The topological polar surface area (TPSA) is 55.5 Å². The molecule has 0 atom stereocenters. The maximum absolute atomic E-state index is 9.37. The number of rotatable bonds is 3. The van der Waals surface area contributed by atoms with E-state index in [-0.39, 0.29) is 12.4 Å². The van der Waals surface area contributed by atoms with Gasteiger partial charge >= 0.3 is 0 Å². The lowest BCUT2D eigenvalue weighted by atomic mass is 10.3. The molecular formula is C10H9NO3. The van der Waals surface area contributed by atoms with Gasteiger partial charge in [-0.2, -0.15) is 0 Å². The Morgan fingerprint density at radius 1 is 1.29 bits per heavy atom. The van der Waals surface area contributed by atoms with E-state index in [1.54, 1.807) is 36.5 Å². The zero-order valence-corrected chi connectivity index (χ0v) is 7.38. The number of ether oxygens (including phenoxy) is 1. The molecule has 0 aliphatic rings. The standard InChI is InChI=1S/C10H9NO3/c12-9-3-1-2-4-10(9)13-7-8-5-6-11-14-8/h1-6,12H,7H2. The molecule has 4 nitrogen and oxygen atoms in total. The molecule has 1 aromatic heterocycles. The average molecular weight is 191 g/mol. The molecule has 4 heteroatoms. The summed E-state index contributed by atoms with van der Waals surface area (Å²) in [5.41, 5.74) is 0. The van der Waals surface area contributed by atoms with Crippen LogP contribution < -0.4 is 4.74 Å². The fourth-order valence-corrected chi connectivity index (χ4v) is 1.04. The summed E-state index contributed by atoms with van der Waals surface area (Å²) < 4.78 is 10.1. The van der Waals surface area contributed by atoms with Gasteiger partial charge in [0.25, 0.3) is 0 Å². The molecule has 0 bridgehead atoms. The quantitative estimate of drug-likeness (QED) is 0.805. The Morgan fingerprint density at radius 3 is 2.86 bits per heavy atom. The summed E-state index contributed by atoms with van der Waals surface area (Å²) in [5.74, 6) is 1.17. The summed E-state index contributed by atoms with van der Waals surface area (Å²) in [4.78, 5) is 0. The van der Waals surface area contributed by atoms with Crippen LogP contribution in [0.4, 0.5) is 0 Å². The van der Waals surface area contributed by atoms with Crippen LogP contribution in [0.2, 0.25) is 0 Å². The highest BCUT2D eigenvalue weighted by Crippen LogP contribution is 2.25. The van der Waals surface area contributed by atoms with Gasteiger partial charge in [0.15, 0.2) is 17.3 Å². The third kappa shape index (κ3) is 1.85. The number of aromatic nitrogens is 1. The second-order valence-electron chi connectivity index (χ2n) is 2.74. The number of phenolic OH excluding ortho intramolecular Hbond substituents is 1. The third-order valence-corrected chi connectivity index (χ3v) is 1.73. The maximum atomic E-state index is 9.37. The van der Waals surface area contributed by atoms with E-state index in [0.29, 0.717) is 11.5 Å². The van der Waals surface area contributed by atoms with E-state index < -0.39 is 0 Å². The van der Waals surface area contributed by atoms with Crippen LogP contribution in [0.1, 0.15) is 5.76 Å². The Labute approximate surface area is 80.7 Å². The summed E-state index contributed by atoms with van der Waals surface area (Å²) in [6, 6.07) is 8.48. The molecule has 0 spiro atoms. The van der Waals surface area contributed by atoms with Crippen LogP contribution in [-0.4, -0.2) is 10.3 Å². The van der Waals surface area contributed by atoms with Crippen LogP contribution in [0.5, 0.6) is 11.5 Å². The van der Waals surface area contributed by atoms with Gasteiger partial charge in [0, 0.05) is 6.07 Å². The molecule has 0 amide bonds. The lowest BCUT2D eigenvalue weighted by Crippen LogP contribution is -1.93. The minimum atomic E-state index is 0.118. The molecule has 0 fully saturated rings. The zero-order valence-electron chi connectivity index (χ0n) is 7.38. The normalized spacial score (nSPS) is 10.0. The number of nitrogens with zero attached hydrogens (tertiary/aromatic N) is 1. The van der Waals surface area contributed by atoms with Crippen molar-refractivity contribution in [3.05, 3.63) is 42.3 Å². The van der Waals surface area contributed by atoms with Crippen LogP contribution in [0, 0.1) is 0 Å². The van der Waals surface area contributed by atoms with Gasteiger partial charge in [-0.15, -0.1) is 0 Å². The lowest BCUT2D eigenvalue weighted by Gasteiger charge is -2.04. The van der Waals surface area contributed by atoms with Gasteiger partial charge in [0.1, 0.15) is 6.61 Å².